The van der Waals surface area contributed by atoms with Crippen molar-refractivity contribution in [2.24, 2.45) is 0 Å². The topological polar surface area (TPSA) is 23.8 Å². The molecular formula is C47H29N. The Labute approximate surface area is 279 Å². The highest BCUT2D eigenvalue weighted by molar-refractivity contribution is 6.27. The quantitative estimate of drug-likeness (QED) is 0.179. The maximum atomic E-state index is 9.33. The highest BCUT2D eigenvalue weighted by atomic mass is 14.2. The first-order valence-electron chi connectivity index (χ1n) is 16.3. The number of nitriles is 1. The van der Waals surface area contributed by atoms with Crippen LogP contribution in [0, 0.1) is 11.3 Å². The molecule has 0 aliphatic heterocycles. The molecule has 0 saturated heterocycles. The smallest absolute Gasteiger partial charge is 0.0991 e. The molecule has 0 aromatic heterocycles. The van der Waals surface area contributed by atoms with Crippen molar-refractivity contribution in [2.45, 2.75) is 0 Å². The van der Waals surface area contributed by atoms with Crippen LogP contribution in [0.15, 0.2) is 176 Å². The SMILES string of the molecule is N#Cc1ccc(-c2ccc3ccc4c(-c5cccc(-c6ccc(-c7ccccc7)cc6-c6ccccc6)c5)ccc5ccc2c3c54)cc1. The molecule has 0 heterocycles. The van der Waals surface area contributed by atoms with Crippen LogP contribution in [0.2, 0.25) is 0 Å². The van der Waals surface area contributed by atoms with Crippen LogP contribution in [-0.2, 0) is 0 Å². The monoisotopic (exact) mass is 607 g/mol. The van der Waals surface area contributed by atoms with Gasteiger partial charge >= 0.3 is 0 Å². The molecule has 0 radical (unpaired) electrons. The van der Waals surface area contributed by atoms with Crippen LogP contribution >= 0.6 is 0 Å². The molecule has 0 fully saturated rings. The molecule has 0 amide bonds. The summed E-state index contributed by atoms with van der Waals surface area (Å²) in [5.74, 6) is 0. The van der Waals surface area contributed by atoms with Crippen LogP contribution in [0.3, 0.4) is 0 Å². The van der Waals surface area contributed by atoms with E-state index in [9.17, 15) is 5.26 Å². The second kappa shape index (κ2) is 11.4. The lowest BCUT2D eigenvalue weighted by Crippen LogP contribution is -1.91. The Balaban J connectivity index is 1.21. The average molecular weight is 608 g/mol. The van der Waals surface area contributed by atoms with Gasteiger partial charge in [-0.25, -0.2) is 0 Å². The van der Waals surface area contributed by atoms with Gasteiger partial charge in [-0.15, -0.1) is 0 Å². The Kier molecular flexibility index (Phi) is 6.59. The first-order chi connectivity index (χ1) is 23.7. The van der Waals surface area contributed by atoms with E-state index < -0.39 is 0 Å². The number of hydrogen-bond acceptors (Lipinski definition) is 1. The Bertz CT molecular complexity index is 2640. The summed E-state index contributed by atoms with van der Waals surface area (Å²) >= 11 is 0. The largest absolute Gasteiger partial charge is 0.192 e. The molecule has 222 valence electrons. The van der Waals surface area contributed by atoms with Crippen LogP contribution in [0.1, 0.15) is 5.56 Å². The summed E-state index contributed by atoms with van der Waals surface area (Å²) in [6.45, 7) is 0. The van der Waals surface area contributed by atoms with Crippen LogP contribution < -0.4 is 0 Å². The predicted octanol–water partition coefficient (Wildman–Crippen LogP) is 12.8. The fourth-order valence-electron chi connectivity index (χ4n) is 7.35. The summed E-state index contributed by atoms with van der Waals surface area (Å²) in [5, 5.41) is 16.9. The minimum absolute atomic E-state index is 0.673. The van der Waals surface area contributed by atoms with Gasteiger partial charge in [-0.1, -0.05) is 152 Å². The van der Waals surface area contributed by atoms with Gasteiger partial charge in [0.05, 0.1) is 11.6 Å². The predicted molar refractivity (Wildman–Crippen MR) is 202 cm³/mol. The van der Waals surface area contributed by atoms with Crippen molar-refractivity contribution < 1.29 is 0 Å². The van der Waals surface area contributed by atoms with E-state index >= 15 is 0 Å². The van der Waals surface area contributed by atoms with Crippen molar-refractivity contribution >= 4 is 32.3 Å². The maximum absolute atomic E-state index is 9.33. The van der Waals surface area contributed by atoms with E-state index in [4.69, 9.17) is 0 Å². The molecule has 0 spiro atoms. The van der Waals surface area contributed by atoms with Gasteiger partial charge in [-0.2, -0.15) is 5.26 Å². The Morgan fingerprint density at radius 1 is 0.312 bits per heavy atom. The van der Waals surface area contributed by atoms with Crippen molar-refractivity contribution in [2.75, 3.05) is 0 Å². The third-order valence-electron chi connectivity index (χ3n) is 9.69. The van der Waals surface area contributed by atoms with E-state index in [0.29, 0.717) is 5.56 Å². The molecule has 9 rings (SSSR count). The van der Waals surface area contributed by atoms with Gasteiger partial charge in [0.1, 0.15) is 0 Å². The van der Waals surface area contributed by atoms with Gasteiger partial charge in [0.15, 0.2) is 0 Å². The molecule has 1 nitrogen and oxygen atoms in total. The molecule has 0 saturated carbocycles. The van der Waals surface area contributed by atoms with E-state index in [1.165, 1.54) is 82.4 Å². The van der Waals surface area contributed by atoms with Crippen molar-refractivity contribution in [3.63, 3.8) is 0 Å². The number of benzene rings is 9. The molecule has 48 heavy (non-hydrogen) atoms. The van der Waals surface area contributed by atoms with Gasteiger partial charge in [0.25, 0.3) is 0 Å². The minimum Gasteiger partial charge on any atom is -0.192 e. The first-order valence-corrected chi connectivity index (χ1v) is 16.3. The number of nitrogens with zero attached hydrogens (tertiary/aromatic N) is 1. The zero-order valence-corrected chi connectivity index (χ0v) is 26.2. The van der Waals surface area contributed by atoms with Crippen molar-refractivity contribution in [1.29, 1.82) is 5.26 Å². The van der Waals surface area contributed by atoms with E-state index in [1.54, 1.807) is 0 Å². The average Bonchev–Trinajstić information content (AvgIpc) is 3.17. The fraction of sp³-hybridized carbons (Fsp3) is 0. The second-order valence-electron chi connectivity index (χ2n) is 12.4. The van der Waals surface area contributed by atoms with E-state index in [2.05, 4.69) is 170 Å². The highest BCUT2D eigenvalue weighted by Crippen LogP contribution is 2.43. The molecular weight excluding hydrogens is 579 g/mol. The number of hydrogen-bond donors (Lipinski definition) is 0. The standard InChI is InChI=1S/C47H29N/c48-30-31-14-16-34(17-15-31)40-23-18-35-21-27-44-41(24-19-36-20-26-43(40)46(35)47(36)44)38-12-7-13-39(28-38)42-25-22-37(32-8-3-1-4-9-32)29-45(42)33-10-5-2-6-11-33/h1-29H. The van der Waals surface area contributed by atoms with Crippen molar-refractivity contribution in [1.82, 2.24) is 0 Å². The summed E-state index contributed by atoms with van der Waals surface area (Å²) in [6.07, 6.45) is 0. The van der Waals surface area contributed by atoms with Crippen LogP contribution in [-0.4, -0.2) is 0 Å². The van der Waals surface area contributed by atoms with Gasteiger partial charge < -0.3 is 0 Å². The van der Waals surface area contributed by atoms with E-state index in [0.717, 1.165) is 5.56 Å². The third-order valence-corrected chi connectivity index (χ3v) is 9.69. The molecule has 0 aliphatic carbocycles. The fourth-order valence-corrected chi connectivity index (χ4v) is 7.35. The summed E-state index contributed by atoms with van der Waals surface area (Å²) in [4.78, 5) is 0. The van der Waals surface area contributed by atoms with Crippen molar-refractivity contribution in [3.05, 3.63) is 181 Å². The zero-order chi connectivity index (χ0) is 32.0. The molecule has 9 aromatic rings. The highest BCUT2D eigenvalue weighted by Gasteiger charge is 2.16. The van der Waals surface area contributed by atoms with Gasteiger partial charge in [-0.3, -0.25) is 0 Å². The molecule has 9 aromatic carbocycles. The lowest BCUT2D eigenvalue weighted by molar-refractivity contribution is 1.48. The summed E-state index contributed by atoms with van der Waals surface area (Å²) < 4.78 is 0. The molecule has 0 atom stereocenters. The lowest BCUT2D eigenvalue weighted by Gasteiger charge is -2.17. The first kappa shape index (κ1) is 27.8. The van der Waals surface area contributed by atoms with E-state index in [-0.39, 0.29) is 0 Å². The van der Waals surface area contributed by atoms with Crippen LogP contribution in [0.5, 0.6) is 0 Å². The summed E-state index contributed by atoms with van der Waals surface area (Å²) in [6, 6.07) is 65.3. The Hall–Kier alpha value is -6.49. The molecule has 0 aliphatic rings. The summed E-state index contributed by atoms with van der Waals surface area (Å²) in [7, 11) is 0. The third kappa shape index (κ3) is 4.63. The van der Waals surface area contributed by atoms with Crippen LogP contribution in [0.25, 0.3) is 88.0 Å². The summed E-state index contributed by atoms with van der Waals surface area (Å²) in [5.41, 5.74) is 12.7. The molecule has 0 N–H and O–H groups in total. The Morgan fingerprint density at radius 3 is 1.42 bits per heavy atom. The normalized spacial score (nSPS) is 11.3. The minimum atomic E-state index is 0.673. The molecule has 1 heteroatoms. The van der Waals surface area contributed by atoms with Gasteiger partial charge in [0, 0.05) is 0 Å². The maximum Gasteiger partial charge on any atom is 0.0991 e. The zero-order valence-electron chi connectivity index (χ0n) is 26.2. The molecule has 0 bridgehead atoms. The molecule has 0 unspecified atom stereocenters. The second-order valence-corrected chi connectivity index (χ2v) is 12.4. The lowest BCUT2D eigenvalue weighted by atomic mass is 9.86. The van der Waals surface area contributed by atoms with Crippen molar-refractivity contribution in [3.8, 4) is 61.7 Å². The Morgan fingerprint density at radius 2 is 0.792 bits per heavy atom. The van der Waals surface area contributed by atoms with Gasteiger partial charge in [0.2, 0.25) is 0 Å². The van der Waals surface area contributed by atoms with E-state index in [1.807, 2.05) is 12.1 Å². The van der Waals surface area contributed by atoms with Gasteiger partial charge in [-0.05, 0) is 112 Å². The van der Waals surface area contributed by atoms with Crippen LogP contribution in [0.4, 0.5) is 0 Å². The number of rotatable bonds is 5.